The van der Waals surface area contributed by atoms with Crippen LogP contribution in [0.4, 0.5) is 0 Å². The molecule has 0 aromatic carbocycles. The van der Waals surface area contributed by atoms with Crippen molar-refractivity contribution in [3.05, 3.63) is 0 Å². The lowest BCUT2D eigenvalue weighted by Gasteiger charge is -2.43. The summed E-state index contributed by atoms with van der Waals surface area (Å²) in [6.45, 7) is 11.0. The maximum atomic E-state index is 3.51. The van der Waals surface area contributed by atoms with Crippen molar-refractivity contribution in [2.24, 2.45) is 5.41 Å². The highest BCUT2D eigenvalue weighted by Gasteiger charge is 2.34. The summed E-state index contributed by atoms with van der Waals surface area (Å²) in [4.78, 5) is 2.75. The van der Waals surface area contributed by atoms with Crippen LogP contribution in [0.25, 0.3) is 0 Å². The van der Waals surface area contributed by atoms with Gasteiger partial charge >= 0.3 is 0 Å². The standard InChI is InChI=1S/C13H26N2/c1-11-5-4-6-12(2)15(11)10-13(3)7-8-14-9-13/h11-12,14H,4-10H2,1-3H3/t11-,12+,13?. The summed E-state index contributed by atoms with van der Waals surface area (Å²) in [5.41, 5.74) is 0.528. The molecule has 2 aliphatic rings. The van der Waals surface area contributed by atoms with Gasteiger partial charge in [-0.2, -0.15) is 0 Å². The van der Waals surface area contributed by atoms with Crippen molar-refractivity contribution in [1.29, 1.82) is 0 Å². The van der Waals surface area contributed by atoms with E-state index in [0.29, 0.717) is 5.41 Å². The topological polar surface area (TPSA) is 15.3 Å². The van der Waals surface area contributed by atoms with E-state index in [0.717, 1.165) is 12.1 Å². The normalized spacial score (nSPS) is 43.4. The summed E-state index contributed by atoms with van der Waals surface area (Å²) in [7, 11) is 0. The average Bonchev–Trinajstić information content (AvgIpc) is 2.60. The van der Waals surface area contributed by atoms with E-state index in [-0.39, 0.29) is 0 Å². The van der Waals surface area contributed by atoms with Crippen LogP contribution in [0.2, 0.25) is 0 Å². The predicted molar refractivity (Wildman–Crippen MR) is 65.1 cm³/mol. The number of hydrogen-bond donors (Lipinski definition) is 1. The van der Waals surface area contributed by atoms with Crippen LogP contribution >= 0.6 is 0 Å². The van der Waals surface area contributed by atoms with Crippen molar-refractivity contribution in [1.82, 2.24) is 10.2 Å². The molecule has 0 radical (unpaired) electrons. The van der Waals surface area contributed by atoms with Crippen LogP contribution in [-0.2, 0) is 0 Å². The molecule has 0 saturated carbocycles. The van der Waals surface area contributed by atoms with Crippen molar-refractivity contribution in [3.8, 4) is 0 Å². The molecule has 1 N–H and O–H groups in total. The maximum Gasteiger partial charge on any atom is 0.00699 e. The van der Waals surface area contributed by atoms with Crippen molar-refractivity contribution >= 4 is 0 Å². The highest BCUT2D eigenvalue weighted by molar-refractivity contribution is 4.90. The number of hydrogen-bond acceptors (Lipinski definition) is 2. The largest absolute Gasteiger partial charge is 0.316 e. The van der Waals surface area contributed by atoms with Crippen molar-refractivity contribution in [2.45, 2.75) is 58.5 Å². The van der Waals surface area contributed by atoms with Gasteiger partial charge in [-0.15, -0.1) is 0 Å². The lowest BCUT2D eigenvalue weighted by Crippen LogP contribution is -2.49. The van der Waals surface area contributed by atoms with Gasteiger partial charge in [0.2, 0.25) is 0 Å². The molecule has 0 aromatic heterocycles. The van der Waals surface area contributed by atoms with E-state index in [1.807, 2.05) is 0 Å². The minimum atomic E-state index is 0.528. The van der Waals surface area contributed by atoms with Gasteiger partial charge in [0.15, 0.2) is 0 Å². The Morgan fingerprint density at radius 3 is 2.47 bits per heavy atom. The number of likely N-dealkylation sites (tertiary alicyclic amines) is 1. The Morgan fingerprint density at radius 1 is 1.27 bits per heavy atom. The molecule has 2 heterocycles. The van der Waals surface area contributed by atoms with Crippen LogP contribution in [0.1, 0.15) is 46.5 Å². The minimum Gasteiger partial charge on any atom is -0.316 e. The molecule has 3 atom stereocenters. The van der Waals surface area contributed by atoms with Crippen molar-refractivity contribution in [3.63, 3.8) is 0 Å². The quantitative estimate of drug-likeness (QED) is 0.752. The minimum absolute atomic E-state index is 0.528. The van der Waals surface area contributed by atoms with Gasteiger partial charge in [0.1, 0.15) is 0 Å². The van der Waals surface area contributed by atoms with Crippen LogP contribution in [0, 0.1) is 5.41 Å². The molecule has 2 fully saturated rings. The zero-order valence-corrected chi connectivity index (χ0v) is 10.6. The Balaban J connectivity index is 1.96. The van der Waals surface area contributed by atoms with E-state index in [1.54, 1.807) is 0 Å². The highest BCUT2D eigenvalue weighted by Crippen LogP contribution is 2.31. The van der Waals surface area contributed by atoms with Gasteiger partial charge in [0, 0.05) is 25.2 Å². The number of nitrogens with one attached hydrogen (secondary N) is 1. The lowest BCUT2D eigenvalue weighted by molar-refractivity contribution is 0.0608. The van der Waals surface area contributed by atoms with Gasteiger partial charge in [-0.25, -0.2) is 0 Å². The van der Waals surface area contributed by atoms with Gasteiger partial charge in [-0.3, -0.25) is 4.90 Å². The first kappa shape index (κ1) is 11.4. The summed E-state index contributed by atoms with van der Waals surface area (Å²) < 4.78 is 0. The second-order valence-electron chi connectivity index (χ2n) is 6.04. The SMILES string of the molecule is C[C@@H]1CCC[C@H](C)N1CC1(C)CCNC1. The van der Waals surface area contributed by atoms with E-state index < -0.39 is 0 Å². The van der Waals surface area contributed by atoms with E-state index in [4.69, 9.17) is 0 Å². The molecule has 2 aliphatic heterocycles. The second kappa shape index (κ2) is 4.42. The Morgan fingerprint density at radius 2 is 1.93 bits per heavy atom. The Kier molecular flexibility index (Phi) is 3.36. The van der Waals surface area contributed by atoms with Crippen molar-refractivity contribution in [2.75, 3.05) is 19.6 Å². The predicted octanol–water partition coefficient (Wildman–Crippen LogP) is 2.25. The van der Waals surface area contributed by atoms with Gasteiger partial charge in [-0.05, 0) is 45.1 Å². The molecule has 0 bridgehead atoms. The Hall–Kier alpha value is -0.0800. The van der Waals surface area contributed by atoms with E-state index in [2.05, 4.69) is 31.0 Å². The van der Waals surface area contributed by atoms with Gasteiger partial charge in [-0.1, -0.05) is 13.3 Å². The molecule has 2 saturated heterocycles. The van der Waals surface area contributed by atoms with Gasteiger partial charge in [0.05, 0.1) is 0 Å². The summed E-state index contributed by atoms with van der Waals surface area (Å²) in [5.74, 6) is 0. The Bertz CT molecular complexity index is 199. The molecular weight excluding hydrogens is 184 g/mol. The van der Waals surface area contributed by atoms with Gasteiger partial charge < -0.3 is 5.32 Å². The summed E-state index contributed by atoms with van der Waals surface area (Å²) >= 11 is 0. The van der Waals surface area contributed by atoms with Crippen molar-refractivity contribution < 1.29 is 0 Å². The van der Waals surface area contributed by atoms with E-state index >= 15 is 0 Å². The highest BCUT2D eigenvalue weighted by atomic mass is 15.2. The van der Waals surface area contributed by atoms with Crippen LogP contribution in [0.5, 0.6) is 0 Å². The molecular formula is C13H26N2. The second-order valence-corrected chi connectivity index (χ2v) is 6.04. The fourth-order valence-electron chi connectivity index (χ4n) is 3.23. The third kappa shape index (κ3) is 2.54. The van der Waals surface area contributed by atoms with Crippen LogP contribution in [-0.4, -0.2) is 36.6 Å². The number of rotatable bonds is 2. The molecule has 2 nitrogen and oxygen atoms in total. The molecule has 1 unspecified atom stereocenters. The average molecular weight is 210 g/mol. The molecule has 0 aliphatic carbocycles. The summed E-state index contributed by atoms with van der Waals surface area (Å²) in [6.07, 6.45) is 5.57. The smallest absolute Gasteiger partial charge is 0.00699 e. The molecule has 0 aromatic rings. The molecule has 88 valence electrons. The third-order valence-electron chi connectivity index (χ3n) is 4.40. The van der Waals surface area contributed by atoms with Crippen LogP contribution in [0.3, 0.4) is 0 Å². The first-order valence-electron chi connectivity index (χ1n) is 6.57. The number of piperidine rings is 1. The monoisotopic (exact) mass is 210 g/mol. The van der Waals surface area contributed by atoms with E-state index in [9.17, 15) is 0 Å². The zero-order valence-electron chi connectivity index (χ0n) is 10.6. The van der Waals surface area contributed by atoms with Crippen LogP contribution < -0.4 is 5.32 Å². The zero-order chi connectivity index (χ0) is 10.9. The van der Waals surface area contributed by atoms with Crippen LogP contribution in [0.15, 0.2) is 0 Å². The summed E-state index contributed by atoms with van der Waals surface area (Å²) in [5, 5.41) is 3.51. The molecule has 2 rings (SSSR count). The fourth-order valence-corrected chi connectivity index (χ4v) is 3.23. The number of nitrogens with zero attached hydrogens (tertiary/aromatic N) is 1. The third-order valence-corrected chi connectivity index (χ3v) is 4.40. The Labute approximate surface area is 94.4 Å². The first-order valence-corrected chi connectivity index (χ1v) is 6.57. The molecule has 15 heavy (non-hydrogen) atoms. The molecule has 0 amide bonds. The first-order chi connectivity index (χ1) is 7.11. The maximum absolute atomic E-state index is 3.51. The lowest BCUT2D eigenvalue weighted by atomic mass is 9.86. The van der Waals surface area contributed by atoms with E-state index in [1.165, 1.54) is 45.3 Å². The fraction of sp³-hybridized carbons (Fsp3) is 1.00. The summed E-state index contributed by atoms with van der Waals surface area (Å²) in [6, 6.07) is 1.59. The van der Waals surface area contributed by atoms with Gasteiger partial charge in [0.25, 0.3) is 0 Å². The molecule has 0 spiro atoms. The molecule has 2 heteroatoms.